The first-order valence-corrected chi connectivity index (χ1v) is 11.6. The second kappa shape index (κ2) is 8.12. The summed E-state index contributed by atoms with van der Waals surface area (Å²) >= 11 is 1.62. The summed E-state index contributed by atoms with van der Waals surface area (Å²) in [5.74, 6) is -1.26. The van der Waals surface area contributed by atoms with Crippen molar-refractivity contribution in [2.24, 2.45) is 0 Å². The van der Waals surface area contributed by atoms with E-state index in [2.05, 4.69) is 0 Å². The van der Waals surface area contributed by atoms with Crippen LogP contribution in [0.15, 0.2) is 70.5 Å². The van der Waals surface area contributed by atoms with Crippen LogP contribution in [0.5, 0.6) is 5.75 Å². The molecule has 3 heterocycles. The van der Waals surface area contributed by atoms with Crippen LogP contribution in [0.4, 0.5) is 13.2 Å². The molecule has 0 fully saturated rings. The van der Waals surface area contributed by atoms with Gasteiger partial charge in [0, 0.05) is 22.9 Å². The minimum Gasteiger partial charge on any atom is -0.502 e. The number of nitrogens with zero attached hydrogens (tertiary/aromatic N) is 3. The highest BCUT2D eigenvalue weighted by Crippen LogP contribution is 2.43. The van der Waals surface area contributed by atoms with Gasteiger partial charge in [-0.1, -0.05) is 42.5 Å². The van der Waals surface area contributed by atoms with Crippen LogP contribution in [0.2, 0.25) is 0 Å². The van der Waals surface area contributed by atoms with Crippen molar-refractivity contribution >= 4 is 17.7 Å². The summed E-state index contributed by atoms with van der Waals surface area (Å²) in [6.45, 7) is 0.501. The number of hydrogen-bond donors (Lipinski definition) is 1. The third kappa shape index (κ3) is 3.53. The Bertz CT molecular complexity index is 1290. The van der Waals surface area contributed by atoms with E-state index in [9.17, 15) is 27.9 Å². The molecule has 2 aliphatic rings. The van der Waals surface area contributed by atoms with Gasteiger partial charge in [-0.2, -0.15) is 13.2 Å². The minimum absolute atomic E-state index is 0.396. The average Bonchev–Trinajstić information content (AvgIpc) is 2.97. The number of pyridine rings is 1. The Morgan fingerprint density at radius 1 is 1.03 bits per heavy atom. The van der Waals surface area contributed by atoms with Crippen molar-refractivity contribution in [1.82, 2.24) is 9.58 Å². The summed E-state index contributed by atoms with van der Waals surface area (Å²) in [6.07, 6.45) is -3.36. The van der Waals surface area contributed by atoms with E-state index in [1.165, 1.54) is 10.9 Å². The highest BCUT2D eigenvalue weighted by molar-refractivity contribution is 7.98. The van der Waals surface area contributed by atoms with Crippen molar-refractivity contribution < 1.29 is 23.1 Å². The van der Waals surface area contributed by atoms with Crippen molar-refractivity contribution in [1.29, 1.82) is 0 Å². The largest absolute Gasteiger partial charge is 0.502 e. The number of thioether (sulfide) groups is 1. The van der Waals surface area contributed by atoms with E-state index in [4.69, 9.17) is 0 Å². The lowest BCUT2D eigenvalue weighted by Crippen LogP contribution is -2.60. The van der Waals surface area contributed by atoms with Crippen molar-refractivity contribution in [2.75, 3.05) is 11.7 Å². The van der Waals surface area contributed by atoms with Gasteiger partial charge in [-0.15, -0.1) is 11.8 Å². The maximum atomic E-state index is 13.7. The Balaban J connectivity index is 1.77. The average molecular weight is 488 g/mol. The molecule has 2 aromatic carbocycles. The number of carbonyl (C=O) groups is 1. The lowest BCUT2D eigenvalue weighted by molar-refractivity contribution is -0.173. The molecule has 2 aliphatic heterocycles. The van der Waals surface area contributed by atoms with Gasteiger partial charge in [0.25, 0.3) is 5.91 Å². The number of benzene rings is 2. The van der Waals surface area contributed by atoms with E-state index in [0.717, 1.165) is 34.6 Å². The van der Waals surface area contributed by atoms with Crippen molar-refractivity contribution in [3.63, 3.8) is 0 Å². The lowest BCUT2D eigenvalue weighted by atomic mass is 9.94. The van der Waals surface area contributed by atoms with Crippen LogP contribution in [0.25, 0.3) is 0 Å². The molecule has 0 radical (unpaired) electrons. The molecule has 0 saturated heterocycles. The third-order valence-electron chi connectivity index (χ3n) is 6.28. The number of fused-ring (bicyclic) bond motifs is 3. The molecule has 1 aromatic heterocycles. The first-order valence-electron chi connectivity index (χ1n) is 10.6. The van der Waals surface area contributed by atoms with E-state index < -0.39 is 47.7 Å². The monoisotopic (exact) mass is 487 g/mol. The van der Waals surface area contributed by atoms with E-state index in [1.54, 1.807) is 16.8 Å². The zero-order valence-corrected chi connectivity index (χ0v) is 18.8. The molecule has 0 spiro atoms. The van der Waals surface area contributed by atoms with Crippen LogP contribution >= 0.6 is 11.8 Å². The van der Waals surface area contributed by atoms with E-state index in [-0.39, 0.29) is 0 Å². The number of aromatic hydroxyl groups is 1. The minimum atomic E-state index is -4.69. The van der Waals surface area contributed by atoms with Gasteiger partial charge >= 0.3 is 6.18 Å². The number of halogens is 3. The number of rotatable bonds is 2. The van der Waals surface area contributed by atoms with Crippen molar-refractivity contribution in [2.45, 2.75) is 35.8 Å². The van der Waals surface area contributed by atoms with Gasteiger partial charge in [0.05, 0.1) is 6.04 Å². The van der Waals surface area contributed by atoms with Gasteiger partial charge in [-0.05, 0) is 29.7 Å². The Hall–Kier alpha value is -3.40. The fourth-order valence-electron chi connectivity index (χ4n) is 4.45. The summed E-state index contributed by atoms with van der Waals surface area (Å²) in [7, 11) is 0. The molecule has 0 aliphatic carbocycles. The highest BCUT2D eigenvalue weighted by Gasteiger charge is 2.47. The standard InChI is InChI=1S/C24H20F3N3O3S/c1-14(24(25,26)27)28-13-30(29-11-10-18(31)22(32)21(29)23(28)33)20-16-7-3-2-6-15(16)12-34-19-9-5-4-8-17(19)20/h2-11,14,20,32H,12-13H2,1H3/t14-,20+/m1/s1. The summed E-state index contributed by atoms with van der Waals surface area (Å²) in [6, 6.07) is 13.7. The normalized spacial score (nSPS) is 18.6. The quantitative estimate of drug-likeness (QED) is 0.586. The first-order chi connectivity index (χ1) is 16.2. The van der Waals surface area contributed by atoms with Gasteiger partial charge in [-0.25, -0.2) is 0 Å². The summed E-state index contributed by atoms with van der Waals surface area (Å²) in [5, 5.41) is 12.1. The molecular formula is C24H20F3N3O3S. The van der Waals surface area contributed by atoms with Gasteiger partial charge < -0.3 is 10.0 Å². The number of aromatic nitrogens is 1. The maximum Gasteiger partial charge on any atom is 0.408 e. The molecule has 0 unspecified atom stereocenters. The number of alkyl halides is 3. The summed E-state index contributed by atoms with van der Waals surface area (Å²) in [5.41, 5.74) is 1.42. The van der Waals surface area contributed by atoms with Gasteiger partial charge in [0.15, 0.2) is 11.4 Å². The van der Waals surface area contributed by atoms with Crippen LogP contribution in [-0.2, 0) is 5.75 Å². The molecule has 1 amide bonds. The Morgan fingerprint density at radius 3 is 2.44 bits per heavy atom. The molecule has 0 saturated carbocycles. The molecule has 1 N–H and O–H groups in total. The topological polar surface area (TPSA) is 65.8 Å². The fraction of sp³-hybridized carbons (Fsp3) is 0.250. The van der Waals surface area contributed by atoms with Crippen LogP contribution in [0.1, 0.15) is 40.1 Å². The molecule has 6 nitrogen and oxygen atoms in total. The molecule has 3 aromatic rings. The van der Waals surface area contributed by atoms with Gasteiger partial charge in [0.1, 0.15) is 12.7 Å². The Labute approximate surface area is 197 Å². The summed E-state index contributed by atoms with van der Waals surface area (Å²) in [4.78, 5) is 26.9. The molecule has 0 bridgehead atoms. The van der Waals surface area contributed by atoms with Crippen LogP contribution in [0, 0.1) is 0 Å². The smallest absolute Gasteiger partial charge is 0.408 e. The lowest BCUT2D eigenvalue weighted by Gasteiger charge is -2.46. The molecule has 176 valence electrons. The van der Waals surface area contributed by atoms with Gasteiger partial charge in [0.2, 0.25) is 5.43 Å². The maximum absolute atomic E-state index is 13.7. The van der Waals surface area contributed by atoms with E-state index >= 15 is 0 Å². The van der Waals surface area contributed by atoms with Crippen LogP contribution < -0.4 is 10.4 Å². The number of hydrogen-bond acceptors (Lipinski definition) is 5. The van der Waals surface area contributed by atoms with Crippen molar-refractivity contribution in [3.05, 3.63) is 93.4 Å². The molecule has 10 heteroatoms. The van der Waals surface area contributed by atoms with Crippen molar-refractivity contribution in [3.8, 4) is 5.75 Å². The van der Waals surface area contributed by atoms with Crippen LogP contribution in [0.3, 0.4) is 0 Å². The predicted octanol–water partition coefficient (Wildman–Crippen LogP) is 4.25. The summed E-state index contributed by atoms with van der Waals surface area (Å²) < 4.78 is 42.5. The third-order valence-corrected chi connectivity index (χ3v) is 7.42. The van der Waals surface area contributed by atoms with Gasteiger partial charge in [-0.3, -0.25) is 19.3 Å². The van der Waals surface area contributed by atoms with E-state index in [1.807, 2.05) is 48.5 Å². The number of amides is 1. The molecule has 34 heavy (non-hydrogen) atoms. The molecule has 2 atom stereocenters. The Morgan fingerprint density at radius 2 is 1.71 bits per heavy atom. The Kier molecular flexibility index (Phi) is 5.35. The second-order valence-corrected chi connectivity index (χ2v) is 9.24. The SMILES string of the molecule is C[C@@H](N1CN([C@H]2c3ccccc3CSc3ccccc32)n2ccc(=O)c(O)c2C1=O)C(F)(F)F. The molecular weight excluding hydrogens is 467 g/mol. The highest BCUT2D eigenvalue weighted by atomic mass is 32.2. The zero-order chi connectivity index (χ0) is 24.2. The van der Waals surface area contributed by atoms with Crippen LogP contribution in [-0.4, -0.2) is 39.5 Å². The predicted molar refractivity (Wildman–Crippen MR) is 121 cm³/mol. The molecule has 5 rings (SSSR count). The fourth-order valence-corrected chi connectivity index (χ4v) is 5.55. The number of carbonyl (C=O) groups excluding carboxylic acids is 1. The zero-order valence-electron chi connectivity index (χ0n) is 18.0. The van der Waals surface area contributed by atoms with E-state index in [0.29, 0.717) is 10.7 Å². The second-order valence-electron chi connectivity index (χ2n) is 8.22. The first kappa shape index (κ1) is 22.4.